The van der Waals surface area contributed by atoms with Gasteiger partial charge in [0.05, 0.1) is 6.54 Å². The summed E-state index contributed by atoms with van der Waals surface area (Å²) >= 11 is 0. The van der Waals surface area contributed by atoms with Gasteiger partial charge in [0.15, 0.2) is 5.96 Å². The number of hydrogen-bond donors (Lipinski definition) is 2. The summed E-state index contributed by atoms with van der Waals surface area (Å²) in [4.78, 5) is 9.57. The van der Waals surface area contributed by atoms with Gasteiger partial charge < -0.3 is 15.5 Å². The van der Waals surface area contributed by atoms with Crippen molar-refractivity contribution in [3.63, 3.8) is 0 Å². The van der Waals surface area contributed by atoms with Crippen LogP contribution in [0.4, 0.5) is 0 Å². The van der Waals surface area contributed by atoms with E-state index in [0.29, 0.717) is 18.0 Å². The molecule has 2 unspecified atom stereocenters. The van der Waals surface area contributed by atoms with Crippen molar-refractivity contribution >= 4 is 5.96 Å². The van der Waals surface area contributed by atoms with Crippen molar-refractivity contribution in [3.05, 3.63) is 0 Å². The molecule has 5 nitrogen and oxygen atoms in total. The Labute approximate surface area is 137 Å². The predicted molar refractivity (Wildman–Crippen MR) is 96.5 cm³/mol. The summed E-state index contributed by atoms with van der Waals surface area (Å²) in [5.41, 5.74) is 0.0631. The first-order chi connectivity index (χ1) is 10.2. The van der Waals surface area contributed by atoms with Crippen LogP contribution in [0.15, 0.2) is 4.99 Å². The zero-order chi connectivity index (χ0) is 16.9. The molecule has 0 aliphatic carbocycles. The van der Waals surface area contributed by atoms with Crippen LogP contribution in [0.3, 0.4) is 0 Å². The number of rotatable bonds is 6. The average molecular weight is 312 g/mol. The van der Waals surface area contributed by atoms with Crippen LogP contribution in [0.25, 0.3) is 0 Å². The number of nitrogens with zero attached hydrogens (tertiary/aromatic N) is 3. The largest absolute Gasteiger partial charge is 0.357 e. The molecule has 0 bridgehead atoms. The average Bonchev–Trinajstić information content (AvgIpc) is 2.78. The number of guanidine groups is 1. The quantitative estimate of drug-likeness (QED) is 0.578. The highest BCUT2D eigenvalue weighted by atomic mass is 15.3. The first kappa shape index (κ1) is 19.2. The molecular formula is C17H37N5. The maximum Gasteiger partial charge on any atom is 0.191 e. The lowest BCUT2D eigenvalue weighted by Crippen LogP contribution is -2.48. The number of nitrogens with one attached hydrogen (secondary N) is 2. The third-order valence-corrected chi connectivity index (χ3v) is 4.87. The van der Waals surface area contributed by atoms with Gasteiger partial charge in [-0.05, 0) is 54.6 Å². The van der Waals surface area contributed by atoms with E-state index in [9.17, 15) is 0 Å². The van der Waals surface area contributed by atoms with Crippen molar-refractivity contribution in [3.8, 4) is 0 Å². The lowest BCUT2D eigenvalue weighted by atomic mass is 10.1. The molecule has 1 aliphatic rings. The second-order valence-corrected chi connectivity index (χ2v) is 7.68. The van der Waals surface area contributed by atoms with Crippen LogP contribution in [0.2, 0.25) is 0 Å². The number of aliphatic imine (C=N–C) groups is 1. The van der Waals surface area contributed by atoms with Crippen LogP contribution in [0.5, 0.6) is 0 Å². The Hall–Kier alpha value is -0.810. The summed E-state index contributed by atoms with van der Waals surface area (Å²) in [6.07, 6.45) is 0. The number of likely N-dealkylation sites (N-methyl/N-ethyl adjacent to an activating group) is 1. The number of likely N-dealkylation sites (tertiary alicyclic amines) is 1. The zero-order valence-corrected chi connectivity index (χ0v) is 15.9. The molecule has 0 saturated carbocycles. The molecule has 130 valence electrons. The van der Waals surface area contributed by atoms with Gasteiger partial charge in [0.2, 0.25) is 0 Å². The Balaban J connectivity index is 2.68. The van der Waals surface area contributed by atoms with Crippen molar-refractivity contribution in [2.45, 2.75) is 59.2 Å². The van der Waals surface area contributed by atoms with Gasteiger partial charge in [-0.25, -0.2) is 0 Å². The SMILES string of the molecule is CCNC(=NCC(C)(C)N(C)C)NC1CN(C(C)C)CC1C. The van der Waals surface area contributed by atoms with E-state index in [1.165, 1.54) is 0 Å². The molecule has 0 aromatic heterocycles. The standard InChI is InChI=1S/C17H37N5/c1-9-18-16(19-12-17(5,6)21(7)8)20-15-11-22(13(2)3)10-14(15)4/h13-15H,9-12H2,1-8H3,(H2,18,19,20). The molecule has 1 fully saturated rings. The van der Waals surface area contributed by atoms with Gasteiger partial charge in [-0.15, -0.1) is 0 Å². The second kappa shape index (κ2) is 8.16. The van der Waals surface area contributed by atoms with Gasteiger partial charge in [-0.3, -0.25) is 9.89 Å². The maximum absolute atomic E-state index is 4.81. The summed E-state index contributed by atoms with van der Waals surface area (Å²) in [6, 6.07) is 1.09. The van der Waals surface area contributed by atoms with E-state index in [1.807, 2.05) is 0 Å². The summed E-state index contributed by atoms with van der Waals surface area (Å²) in [6.45, 7) is 17.4. The number of hydrogen-bond acceptors (Lipinski definition) is 3. The van der Waals surface area contributed by atoms with Gasteiger partial charge in [0, 0.05) is 37.3 Å². The van der Waals surface area contributed by atoms with Crippen molar-refractivity contribution < 1.29 is 0 Å². The lowest BCUT2D eigenvalue weighted by molar-refractivity contribution is 0.204. The lowest BCUT2D eigenvalue weighted by Gasteiger charge is -2.31. The molecule has 0 aromatic rings. The van der Waals surface area contributed by atoms with Crippen molar-refractivity contribution in [2.75, 3.05) is 40.3 Å². The fourth-order valence-electron chi connectivity index (χ4n) is 2.52. The molecule has 0 amide bonds. The predicted octanol–water partition coefficient (Wildman–Crippen LogP) is 1.61. The van der Waals surface area contributed by atoms with Gasteiger partial charge in [-0.1, -0.05) is 6.92 Å². The fourth-order valence-corrected chi connectivity index (χ4v) is 2.52. The van der Waals surface area contributed by atoms with Gasteiger partial charge in [0.25, 0.3) is 0 Å². The van der Waals surface area contributed by atoms with Gasteiger partial charge in [0.1, 0.15) is 0 Å². The van der Waals surface area contributed by atoms with E-state index >= 15 is 0 Å². The van der Waals surface area contributed by atoms with Crippen molar-refractivity contribution in [1.29, 1.82) is 0 Å². The molecule has 0 aromatic carbocycles. The summed E-state index contributed by atoms with van der Waals surface area (Å²) in [5, 5.41) is 7.03. The third-order valence-electron chi connectivity index (χ3n) is 4.87. The molecule has 22 heavy (non-hydrogen) atoms. The Bertz CT molecular complexity index is 362. The normalized spacial score (nSPS) is 24.4. The topological polar surface area (TPSA) is 42.9 Å². The molecule has 1 aliphatic heterocycles. The molecule has 0 radical (unpaired) electrons. The van der Waals surface area contributed by atoms with E-state index in [4.69, 9.17) is 4.99 Å². The van der Waals surface area contributed by atoms with E-state index in [-0.39, 0.29) is 5.54 Å². The van der Waals surface area contributed by atoms with Crippen LogP contribution >= 0.6 is 0 Å². The molecule has 1 saturated heterocycles. The van der Waals surface area contributed by atoms with Crippen molar-refractivity contribution in [1.82, 2.24) is 20.4 Å². The Morgan fingerprint density at radius 2 is 1.95 bits per heavy atom. The van der Waals surface area contributed by atoms with Crippen LogP contribution in [-0.2, 0) is 0 Å². The maximum atomic E-state index is 4.81. The zero-order valence-electron chi connectivity index (χ0n) is 15.9. The molecule has 5 heteroatoms. The summed E-state index contributed by atoms with van der Waals surface area (Å²) in [7, 11) is 4.21. The Morgan fingerprint density at radius 1 is 1.32 bits per heavy atom. The van der Waals surface area contributed by atoms with Gasteiger partial charge in [-0.2, -0.15) is 0 Å². The summed E-state index contributed by atoms with van der Waals surface area (Å²) < 4.78 is 0. The fraction of sp³-hybridized carbons (Fsp3) is 0.941. The van der Waals surface area contributed by atoms with Crippen molar-refractivity contribution in [2.24, 2.45) is 10.9 Å². The molecule has 2 N–H and O–H groups in total. The highest BCUT2D eigenvalue weighted by molar-refractivity contribution is 5.80. The van der Waals surface area contributed by atoms with Gasteiger partial charge >= 0.3 is 0 Å². The highest BCUT2D eigenvalue weighted by Gasteiger charge is 2.31. The van der Waals surface area contributed by atoms with Crippen LogP contribution in [0, 0.1) is 5.92 Å². The minimum absolute atomic E-state index is 0.0631. The first-order valence-corrected chi connectivity index (χ1v) is 8.63. The monoisotopic (exact) mass is 311 g/mol. The molecule has 1 rings (SSSR count). The smallest absolute Gasteiger partial charge is 0.191 e. The third kappa shape index (κ3) is 5.43. The van der Waals surface area contributed by atoms with E-state index < -0.39 is 0 Å². The summed E-state index contributed by atoms with van der Waals surface area (Å²) in [5.74, 6) is 1.59. The van der Waals surface area contributed by atoms with E-state index in [0.717, 1.165) is 32.1 Å². The second-order valence-electron chi connectivity index (χ2n) is 7.68. The minimum Gasteiger partial charge on any atom is -0.357 e. The van der Waals surface area contributed by atoms with Crippen LogP contribution in [-0.4, -0.2) is 73.7 Å². The Morgan fingerprint density at radius 3 is 2.41 bits per heavy atom. The molecular weight excluding hydrogens is 274 g/mol. The van der Waals surface area contributed by atoms with E-state index in [1.54, 1.807) is 0 Å². The molecule has 0 spiro atoms. The molecule has 2 atom stereocenters. The minimum atomic E-state index is 0.0631. The first-order valence-electron chi connectivity index (χ1n) is 8.63. The highest BCUT2D eigenvalue weighted by Crippen LogP contribution is 2.18. The van der Waals surface area contributed by atoms with Crippen LogP contribution in [0.1, 0.15) is 41.5 Å². The van der Waals surface area contributed by atoms with E-state index in [2.05, 4.69) is 76.1 Å². The Kier molecular flexibility index (Phi) is 7.13. The van der Waals surface area contributed by atoms with Crippen LogP contribution < -0.4 is 10.6 Å². The molecule has 1 heterocycles.